The number of para-hydroxylation sites is 2. The molecule has 0 saturated carbocycles. The van der Waals surface area contributed by atoms with Gasteiger partial charge in [-0.1, -0.05) is 23.7 Å². The Kier molecular flexibility index (Phi) is 2.65. The SMILES string of the molecule is Cc1nc(-c2ccc(Cl)cc2)nc2nc3ccccc3n12. The van der Waals surface area contributed by atoms with E-state index in [1.165, 1.54) is 0 Å². The molecule has 0 aliphatic rings. The Balaban J connectivity index is 2.00. The van der Waals surface area contributed by atoms with E-state index in [1.54, 1.807) is 0 Å². The quantitative estimate of drug-likeness (QED) is 0.534. The van der Waals surface area contributed by atoms with Gasteiger partial charge >= 0.3 is 0 Å². The van der Waals surface area contributed by atoms with Crippen LogP contribution in [-0.4, -0.2) is 19.4 Å². The Morgan fingerprint density at radius 1 is 0.905 bits per heavy atom. The molecule has 0 fully saturated rings. The van der Waals surface area contributed by atoms with Gasteiger partial charge in [-0.2, -0.15) is 4.98 Å². The number of fused-ring (bicyclic) bond motifs is 3. The van der Waals surface area contributed by atoms with E-state index in [0.717, 1.165) is 22.4 Å². The fourth-order valence-electron chi connectivity index (χ4n) is 2.46. The van der Waals surface area contributed by atoms with Crippen LogP contribution in [0.4, 0.5) is 0 Å². The molecule has 2 aromatic heterocycles. The van der Waals surface area contributed by atoms with E-state index >= 15 is 0 Å². The number of aromatic nitrogens is 4. The summed E-state index contributed by atoms with van der Waals surface area (Å²) in [6.07, 6.45) is 0. The Morgan fingerprint density at radius 3 is 2.48 bits per heavy atom. The smallest absolute Gasteiger partial charge is 0.238 e. The summed E-state index contributed by atoms with van der Waals surface area (Å²) < 4.78 is 1.97. The molecule has 4 rings (SSSR count). The van der Waals surface area contributed by atoms with Crippen LogP contribution in [0.5, 0.6) is 0 Å². The first-order chi connectivity index (χ1) is 10.2. The number of benzene rings is 2. The van der Waals surface area contributed by atoms with Gasteiger partial charge in [0.1, 0.15) is 5.82 Å². The summed E-state index contributed by atoms with van der Waals surface area (Å²) in [6, 6.07) is 15.5. The van der Waals surface area contributed by atoms with Crippen LogP contribution in [0.25, 0.3) is 28.2 Å². The van der Waals surface area contributed by atoms with Crippen molar-refractivity contribution >= 4 is 28.4 Å². The summed E-state index contributed by atoms with van der Waals surface area (Å²) in [5, 5.41) is 0.697. The van der Waals surface area contributed by atoms with Crippen LogP contribution in [0.1, 0.15) is 5.82 Å². The third-order valence-corrected chi connectivity index (χ3v) is 3.69. The van der Waals surface area contributed by atoms with Gasteiger partial charge in [0.2, 0.25) is 5.78 Å². The van der Waals surface area contributed by atoms with Gasteiger partial charge in [0, 0.05) is 10.6 Å². The number of hydrogen-bond donors (Lipinski definition) is 0. The van der Waals surface area contributed by atoms with Crippen molar-refractivity contribution in [2.24, 2.45) is 0 Å². The Labute approximate surface area is 126 Å². The van der Waals surface area contributed by atoms with E-state index in [0.29, 0.717) is 16.6 Å². The molecule has 0 saturated heterocycles. The average molecular weight is 295 g/mol. The number of rotatable bonds is 1. The molecule has 0 bridgehead atoms. The Hall–Kier alpha value is -2.46. The van der Waals surface area contributed by atoms with Gasteiger partial charge in [-0.3, -0.25) is 4.40 Å². The van der Waals surface area contributed by atoms with Gasteiger partial charge < -0.3 is 0 Å². The summed E-state index contributed by atoms with van der Waals surface area (Å²) in [5.41, 5.74) is 2.87. The zero-order valence-corrected chi connectivity index (χ0v) is 12.0. The fourth-order valence-corrected chi connectivity index (χ4v) is 2.58. The van der Waals surface area contributed by atoms with Crippen molar-refractivity contribution in [3.8, 4) is 11.4 Å². The average Bonchev–Trinajstić information content (AvgIpc) is 2.86. The van der Waals surface area contributed by atoms with Crippen molar-refractivity contribution in [1.29, 1.82) is 0 Å². The summed E-state index contributed by atoms with van der Waals surface area (Å²) in [6.45, 7) is 1.96. The van der Waals surface area contributed by atoms with Crippen molar-refractivity contribution in [1.82, 2.24) is 19.4 Å². The lowest BCUT2D eigenvalue weighted by Gasteiger charge is -2.04. The molecule has 0 unspecified atom stereocenters. The molecule has 21 heavy (non-hydrogen) atoms. The monoisotopic (exact) mass is 294 g/mol. The molecule has 2 aromatic carbocycles. The maximum atomic E-state index is 5.92. The van der Waals surface area contributed by atoms with E-state index in [4.69, 9.17) is 11.6 Å². The van der Waals surface area contributed by atoms with Crippen molar-refractivity contribution in [3.05, 3.63) is 59.4 Å². The van der Waals surface area contributed by atoms with Gasteiger partial charge in [0.05, 0.1) is 11.0 Å². The van der Waals surface area contributed by atoms with Gasteiger partial charge in [0.25, 0.3) is 0 Å². The first-order valence-electron chi connectivity index (χ1n) is 6.60. The minimum absolute atomic E-state index is 0.659. The number of hydrogen-bond acceptors (Lipinski definition) is 3. The second-order valence-corrected chi connectivity index (χ2v) is 5.27. The minimum Gasteiger partial charge on any atom is -0.264 e. The second-order valence-electron chi connectivity index (χ2n) is 4.84. The lowest BCUT2D eigenvalue weighted by atomic mass is 10.2. The summed E-state index contributed by atoms with van der Waals surface area (Å²) in [7, 11) is 0. The molecule has 2 heterocycles. The van der Waals surface area contributed by atoms with Gasteiger partial charge in [-0.25, -0.2) is 9.97 Å². The maximum Gasteiger partial charge on any atom is 0.238 e. The highest BCUT2D eigenvalue weighted by atomic mass is 35.5. The summed E-state index contributed by atoms with van der Waals surface area (Å²) >= 11 is 5.92. The predicted molar refractivity (Wildman–Crippen MR) is 83.5 cm³/mol. The third kappa shape index (κ3) is 1.96. The molecule has 102 valence electrons. The molecule has 0 aliphatic heterocycles. The first kappa shape index (κ1) is 12.3. The van der Waals surface area contributed by atoms with E-state index in [9.17, 15) is 0 Å². The number of halogens is 1. The van der Waals surface area contributed by atoms with Gasteiger partial charge in [-0.05, 0) is 43.3 Å². The molecular weight excluding hydrogens is 284 g/mol. The Morgan fingerprint density at radius 2 is 1.67 bits per heavy atom. The number of imidazole rings is 1. The molecule has 4 aromatic rings. The second kappa shape index (κ2) is 4.53. The van der Waals surface area contributed by atoms with Crippen LogP contribution in [0.2, 0.25) is 5.02 Å². The molecular formula is C16H11ClN4. The van der Waals surface area contributed by atoms with Crippen LogP contribution in [0.15, 0.2) is 48.5 Å². The highest BCUT2D eigenvalue weighted by Crippen LogP contribution is 2.21. The van der Waals surface area contributed by atoms with Crippen LogP contribution >= 0.6 is 11.6 Å². The van der Waals surface area contributed by atoms with Crippen molar-refractivity contribution in [2.45, 2.75) is 6.92 Å². The molecule has 0 atom stereocenters. The molecule has 4 nitrogen and oxygen atoms in total. The zero-order valence-electron chi connectivity index (χ0n) is 11.3. The van der Waals surface area contributed by atoms with Crippen molar-refractivity contribution < 1.29 is 0 Å². The summed E-state index contributed by atoms with van der Waals surface area (Å²) in [4.78, 5) is 13.7. The molecule has 5 heteroatoms. The van der Waals surface area contributed by atoms with E-state index in [1.807, 2.05) is 59.9 Å². The Bertz CT molecular complexity index is 957. The highest BCUT2D eigenvalue weighted by molar-refractivity contribution is 6.30. The third-order valence-electron chi connectivity index (χ3n) is 3.44. The lowest BCUT2D eigenvalue weighted by Crippen LogP contribution is -2.01. The van der Waals surface area contributed by atoms with Crippen LogP contribution in [0, 0.1) is 6.92 Å². The van der Waals surface area contributed by atoms with Crippen LogP contribution in [-0.2, 0) is 0 Å². The van der Waals surface area contributed by atoms with Gasteiger partial charge in [0.15, 0.2) is 5.82 Å². The van der Waals surface area contributed by atoms with Crippen LogP contribution in [0.3, 0.4) is 0 Å². The van der Waals surface area contributed by atoms with Crippen molar-refractivity contribution in [3.63, 3.8) is 0 Å². The molecule has 0 radical (unpaired) electrons. The molecule has 0 aliphatic carbocycles. The maximum absolute atomic E-state index is 5.92. The van der Waals surface area contributed by atoms with Crippen LogP contribution < -0.4 is 0 Å². The van der Waals surface area contributed by atoms with E-state index in [2.05, 4.69) is 15.0 Å². The lowest BCUT2D eigenvalue weighted by molar-refractivity contribution is 0.961. The van der Waals surface area contributed by atoms with Gasteiger partial charge in [-0.15, -0.1) is 0 Å². The largest absolute Gasteiger partial charge is 0.264 e. The van der Waals surface area contributed by atoms with E-state index < -0.39 is 0 Å². The normalized spacial score (nSPS) is 11.3. The minimum atomic E-state index is 0.659. The zero-order chi connectivity index (χ0) is 14.4. The van der Waals surface area contributed by atoms with E-state index in [-0.39, 0.29) is 0 Å². The molecule has 0 N–H and O–H groups in total. The highest BCUT2D eigenvalue weighted by Gasteiger charge is 2.11. The first-order valence-corrected chi connectivity index (χ1v) is 6.98. The molecule has 0 spiro atoms. The topological polar surface area (TPSA) is 43.1 Å². The number of nitrogens with zero attached hydrogens (tertiary/aromatic N) is 4. The summed E-state index contributed by atoms with van der Waals surface area (Å²) in [5.74, 6) is 2.18. The molecule has 0 amide bonds. The predicted octanol–water partition coefficient (Wildman–Crippen LogP) is 3.91. The fraction of sp³-hybridized carbons (Fsp3) is 0.0625. The number of aryl methyl sites for hydroxylation is 1. The van der Waals surface area contributed by atoms with Crippen molar-refractivity contribution in [2.75, 3.05) is 0 Å². The standard InChI is InChI=1S/C16H11ClN4/c1-10-18-15(11-6-8-12(17)9-7-11)20-16-19-13-4-2-3-5-14(13)21(10)16/h2-9H,1H3.